The van der Waals surface area contributed by atoms with Crippen molar-refractivity contribution in [3.05, 3.63) is 0 Å². The molecule has 14 heavy (non-hydrogen) atoms. The second-order valence-corrected chi connectivity index (χ2v) is 3.08. The fourth-order valence-electron chi connectivity index (χ4n) is 0. The van der Waals surface area contributed by atoms with Crippen LogP contribution >= 0.6 is 15.6 Å². The van der Waals surface area contributed by atoms with Crippen LogP contribution in [0.15, 0.2) is 0 Å². The molecule has 0 aliphatic rings. The van der Waals surface area contributed by atoms with Gasteiger partial charge in [-0.1, -0.05) is 0 Å². The third-order valence-corrected chi connectivity index (χ3v) is 0. The Labute approximate surface area is 202 Å². The topological polar surface area (TPSA) is 156 Å². The summed E-state index contributed by atoms with van der Waals surface area (Å²) in [6, 6.07) is 0. The first kappa shape index (κ1) is 36.4. The summed E-state index contributed by atoms with van der Waals surface area (Å²) in [5.41, 5.74) is 0. The van der Waals surface area contributed by atoms with E-state index in [4.69, 9.17) is 38.5 Å². The maximum absolute atomic E-state index is 8.88. The van der Waals surface area contributed by atoms with Crippen molar-refractivity contribution in [2.75, 3.05) is 0 Å². The van der Waals surface area contributed by atoms with E-state index >= 15 is 0 Å². The van der Waals surface area contributed by atoms with Gasteiger partial charge in [-0.3, -0.25) is 0 Å². The first-order valence-electron chi connectivity index (χ1n) is 1.57. The first-order chi connectivity index (χ1) is 4.00. The van der Waals surface area contributed by atoms with E-state index in [1.807, 2.05) is 0 Å². The van der Waals surface area contributed by atoms with Gasteiger partial charge in [-0.15, -0.1) is 0 Å². The van der Waals surface area contributed by atoms with Crippen LogP contribution in [-0.2, 0) is 9.13 Å². The molecular formula is H13Ca3NaO8P2. The largest absolute Gasteiger partial charge is 2.00 e. The Kier molecular flexibility index (Phi) is 46.8. The molecule has 0 heterocycles. The van der Waals surface area contributed by atoms with E-state index in [1.165, 1.54) is 0 Å². The van der Waals surface area contributed by atoms with Crippen LogP contribution in [0.25, 0.3) is 0 Å². The third-order valence-electron chi connectivity index (χ3n) is 0. The number of hydrogen-bond donors (Lipinski definition) is 6. The zero-order valence-electron chi connectivity index (χ0n) is 14.5. The zero-order valence-corrected chi connectivity index (χ0v) is 17.9. The predicted octanol–water partition coefficient (Wildman–Crippen LogP) is -5.21. The molecule has 0 amide bonds. The Bertz CT molecular complexity index is 154. The van der Waals surface area contributed by atoms with Crippen molar-refractivity contribution in [3.63, 3.8) is 0 Å². The average Bonchev–Trinajstić information content (AvgIpc) is 1.12. The van der Waals surface area contributed by atoms with E-state index in [0.717, 1.165) is 0 Å². The molecule has 0 aromatic heterocycles. The normalized spacial score (nSPS) is 8.43. The Morgan fingerprint density at radius 1 is 0.643 bits per heavy atom. The van der Waals surface area contributed by atoms with Gasteiger partial charge in [-0.2, -0.15) is 0 Å². The van der Waals surface area contributed by atoms with E-state index in [0.29, 0.717) is 0 Å². The Balaban J connectivity index is -0.00000000364. The maximum Gasteiger partial charge on any atom is 2.00 e. The molecule has 6 N–H and O–H groups in total. The van der Waals surface area contributed by atoms with Crippen molar-refractivity contribution in [2.45, 2.75) is 0 Å². The van der Waals surface area contributed by atoms with Crippen LogP contribution in [0.3, 0.4) is 0 Å². The van der Waals surface area contributed by atoms with Gasteiger partial charge in [0.25, 0.3) is 0 Å². The minimum atomic E-state index is -4.64. The van der Waals surface area contributed by atoms with Crippen LogP contribution in [0.1, 0.15) is 9.99 Å². The van der Waals surface area contributed by atoms with Gasteiger partial charge in [-0.05, 0) is 0 Å². The minimum absolute atomic E-state index is 0. The molecule has 0 fully saturated rings. The quantitative estimate of drug-likeness (QED) is 0.188. The molecule has 0 saturated carbocycles. The molecule has 8 nitrogen and oxygen atoms in total. The molecule has 0 saturated heterocycles. The minimum Gasteiger partial charge on any atom is -1.00 e. The molecule has 0 aromatic rings. The fraction of sp³-hybridized carbons (Fsp3) is 0. The molecule has 0 atom stereocenters. The van der Waals surface area contributed by atoms with Crippen molar-refractivity contribution in [1.82, 2.24) is 0 Å². The van der Waals surface area contributed by atoms with Crippen molar-refractivity contribution < 1.29 is 78.0 Å². The van der Waals surface area contributed by atoms with Gasteiger partial charge in [0.1, 0.15) is 0 Å². The van der Waals surface area contributed by atoms with Crippen molar-refractivity contribution in [1.29, 1.82) is 0 Å². The summed E-state index contributed by atoms with van der Waals surface area (Å²) in [6.45, 7) is 0. The van der Waals surface area contributed by atoms with E-state index in [2.05, 4.69) is 0 Å². The number of phosphoric acid groups is 2. The van der Waals surface area contributed by atoms with Gasteiger partial charge >= 0.3 is 158 Å². The molecule has 0 aliphatic carbocycles. The van der Waals surface area contributed by atoms with Gasteiger partial charge in [0.15, 0.2) is 0 Å². The molecular weight excluding hydrogens is 333 g/mol. The molecule has 0 bridgehead atoms. The van der Waals surface area contributed by atoms with Gasteiger partial charge in [-0.25, -0.2) is 9.13 Å². The monoisotopic (exact) mass is 346 g/mol. The Morgan fingerprint density at radius 3 is 0.643 bits per heavy atom. The van der Waals surface area contributed by atoms with Crippen LogP contribution < -0.4 is 29.6 Å². The summed E-state index contributed by atoms with van der Waals surface area (Å²) >= 11 is 0. The second-order valence-electron chi connectivity index (χ2n) is 1.03. The van der Waals surface area contributed by atoms with E-state index < -0.39 is 15.6 Å². The first-order valence-corrected chi connectivity index (χ1v) is 4.70. The molecule has 14 heteroatoms. The Morgan fingerprint density at radius 2 is 0.643 bits per heavy atom. The molecule has 0 unspecified atom stereocenters. The summed E-state index contributed by atoms with van der Waals surface area (Å²) in [4.78, 5) is 43.1. The Hall–Kier alpha value is 5.00. The van der Waals surface area contributed by atoms with Crippen molar-refractivity contribution in [2.24, 2.45) is 0 Å². The van der Waals surface area contributed by atoms with Crippen LogP contribution in [0.4, 0.5) is 0 Å². The predicted molar refractivity (Wildman–Crippen MR) is 53.6 cm³/mol. The third kappa shape index (κ3) is 174. The van der Waals surface area contributed by atoms with Gasteiger partial charge in [0, 0.05) is 0 Å². The summed E-state index contributed by atoms with van der Waals surface area (Å²) in [5.74, 6) is 0. The maximum atomic E-state index is 8.88. The van der Waals surface area contributed by atoms with Gasteiger partial charge in [0.05, 0.1) is 0 Å². The summed E-state index contributed by atoms with van der Waals surface area (Å²) < 4.78 is 17.8. The van der Waals surface area contributed by atoms with Crippen LogP contribution in [0.5, 0.6) is 0 Å². The molecule has 0 spiro atoms. The molecule has 78 valence electrons. The molecule has 0 rings (SSSR count). The standard InChI is InChI=1S/3Ca.Na.2H3O4P.7H/c;;;;2*1-5(2,3)4;;;;;;;/h;;;;2*(H3,1,2,3,4);;;;;;;/q3*+2;+1;;;7*-1. The molecule has 0 aliphatic heterocycles. The molecule has 0 aromatic carbocycles. The zero-order chi connectivity index (χ0) is 9.00. The van der Waals surface area contributed by atoms with Gasteiger partial charge < -0.3 is 39.3 Å². The van der Waals surface area contributed by atoms with E-state index in [9.17, 15) is 0 Å². The van der Waals surface area contributed by atoms with Crippen molar-refractivity contribution >= 4 is 129 Å². The summed E-state index contributed by atoms with van der Waals surface area (Å²) in [6.07, 6.45) is 0. The summed E-state index contributed by atoms with van der Waals surface area (Å²) in [7, 11) is -9.28. The van der Waals surface area contributed by atoms with Gasteiger partial charge in [0.2, 0.25) is 0 Å². The average molecular weight is 346 g/mol. The second kappa shape index (κ2) is 18.0. The SMILES string of the molecule is O=P(O)(O)O.O=P(O)(O)O.[Ca+2].[Ca+2].[Ca+2].[H-].[H-].[H-].[H-].[H-].[H-].[H-].[Na+]. The van der Waals surface area contributed by atoms with Crippen LogP contribution in [0.2, 0.25) is 0 Å². The smallest absolute Gasteiger partial charge is 1.00 e. The number of rotatable bonds is 0. The fourth-order valence-corrected chi connectivity index (χ4v) is 0. The van der Waals surface area contributed by atoms with Crippen molar-refractivity contribution in [3.8, 4) is 0 Å². The van der Waals surface area contributed by atoms with Crippen LogP contribution in [-0.4, -0.2) is 143 Å². The number of hydrogen-bond acceptors (Lipinski definition) is 2. The van der Waals surface area contributed by atoms with Crippen LogP contribution in [0, 0.1) is 0 Å². The summed E-state index contributed by atoms with van der Waals surface area (Å²) in [5, 5.41) is 0. The van der Waals surface area contributed by atoms with E-state index in [-0.39, 0.29) is 153 Å². The van der Waals surface area contributed by atoms with E-state index in [1.54, 1.807) is 0 Å². The molecule has 0 radical (unpaired) electrons.